The first-order chi connectivity index (χ1) is 16.5. The lowest BCUT2D eigenvalue weighted by Gasteiger charge is -2.13. The summed E-state index contributed by atoms with van der Waals surface area (Å²) in [6, 6.07) is 11.5. The lowest BCUT2D eigenvalue weighted by molar-refractivity contribution is -0.384. The molecule has 0 heterocycles. The van der Waals surface area contributed by atoms with Crippen LogP contribution in [-0.4, -0.2) is 32.6 Å². The number of nitrogens with zero attached hydrogens (tertiary/aromatic N) is 2. The summed E-state index contributed by atoms with van der Waals surface area (Å²) in [5, 5.41) is 15.2. The number of carbonyl (C=O) groups is 1. The number of non-ortho nitro benzene ring substituents is 1. The largest absolute Gasteiger partial charge is 0.493 e. The normalized spacial score (nSPS) is 11.3. The second-order valence-electron chi connectivity index (χ2n) is 6.65. The van der Waals surface area contributed by atoms with Gasteiger partial charge in [-0.1, -0.05) is 23.2 Å². The zero-order valence-corrected chi connectivity index (χ0v) is 21.5. The quantitative estimate of drug-likeness (QED) is 0.162. The monoisotopic (exact) mass is 601 g/mol. The Morgan fingerprint density at radius 3 is 2.43 bits per heavy atom. The van der Waals surface area contributed by atoms with Gasteiger partial charge in [0.25, 0.3) is 11.6 Å². The van der Waals surface area contributed by atoms with Gasteiger partial charge in [0.15, 0.2) is 11.5 Å². The molecule has 182 valence electrons. The molecule has 1 amide bonds. The Morgan fingerprint density at radius 1 is 1.14 bits per heavy atom. The van der Waals surface area contributed by atoms with Gasteiger partial charge in [-0.15, -0.1) is 0 Å². The molecule has 0 fully saturated rings. The molecule has 10 nitrogen and oxygen atoms in total. The van der Waals surface area contributed by atoms with Gasteiger partial charge in [-0.25, -0.2) is 5.43 Å². The fourth-order valence-electron chi connectivity index (χ4n) is 2.69. The number of carbonyl (C=O) groups excluding carboxylic acids is 1. The molecule has 1 N–H and O–H groups in total. The molecular formula is C21H14BrCl2N3O7S. The molecule has 35 heavy (non-hydrogen) atoms. The summed E-state index contributed by atoms with van der Waals surface area (Å²) in [5.74, 6) is -0.679. The maximum atomic E-state index is 12.7. The van der Waals surface area contributed by atoms with Crippen molar-refractivity contribution in [3.05, 3.63) is 90.4 Å². The van der Waals surface area contributed by atoms with E-state index in [0.29, 0.717) is 10.6 Å². The highest BCUT2D eigenvalue weighted by molar-refractivity contribution is 9.10. The van der Waals surface area contributed by atoms with Crippen LogP contribution < -0.4 is 14.3 Å². The fraction of sp³-hybridized carbons (Fsp3) is 0.0476. The maximum Gasteiger partial charge on any atom is 0.339 e. The van der Waals surface area contributed by atoms with Gasteiger partial charge >= 0.3 is 10.1 Å². The number of ether oxygens (including phenoxy) is 1. The molecular weight excluding hydrogens is 589 g/mol. The van der Waals surface area contributed by atoms with Crippen LogP contribution in [0.5, 0.6) is 11.5 Å². The maximum absolute atomic E-state index is 12.7. The van der Waals surface area contributed by atoms with Crippen LogP contribution in [-0.2, 0) is 10.1 Å². The van der Waals surface area contributed by atoms with E-state index < -0.39 is 20.9 Å². The minimum Gasteiger partial charge on any atom is -0.493 e. The zero-order valence-electron chi connectivity index (χ0n) is 17.6. The summed E-state index contributed by atoms with van der Waals surface area (Å²) in [6.45, 7) is 0. The van der Waals surface area contributed by atoms with Crippen molar-refractivity contribution in [2.45, 2.75) is 4.90 Å². The molecule has 0 radical (unpaired) electrons. The first kappa shape index (κ1) is 26.4. The first-order valence-corrected chi connectivity index (χ1v) is 12.3. The summed E-state index contributed by atoms with van der Waals surface area (Å²) >= 11 is 15.1. The number of hydrogen-bond acceptors (Lipinski definition) is 8. The summed E-state index contributed by atoms with van der Waals surface area (Å²) in [6.07, 6.45) is 1.30. The van der Waals surface area contributed by atoms with Crippen LogP contribution in [0.4, 0.5) is 5.69 Å². The SMILES string of the molecule is COc1cc(/C=N\NC(=O)c2ccc(Cl)cc2Cl)cc(Br)c1OS(=O)(=O)c1ccc([N+](=O)[O-])cc1. The van der Waals surface area contributed by atoms with Crippen LogP contribution in [0.15, 0.2) is 69.1 Å². The molecule has 14 heteroatoms. The molecule has 3 aromatic rings. The third-order valence-electron chi connectivity index (χ3n) is 4.34. The van der Waals surface area contributed by atoms with Gasteiger partial charge in [0.1, 0.15) is 4.90 Å². The van der Waals surface area contributed by atoms with E-state index in [0.717, 1.165) is 24.3 Å². The minimum absolute atomic E-state index is 0.0402. The second kappa shape index (κ2) is 11.0. The van der Waals surface area contributed by atoms with E-state index in [1.165, 1.54) is 43.7 Å². The molecule has 0 aliphatic heterocycles. The molecule has 3 aromatic carbocycles. The van der Waals surface area contributed by atoms with E-state index in [1.54, 1.807) is 0 Å². The van der Waals surface area contributed by atoms with E-state index >= 15 is 0 Å². The molecule has 0 aliphatic carbocycles. The van der Waals surface area contributed by atoms with Crippen LogP contribution in [0.3, 0.4) is 0 Å². The van der Waals surface area contributed by atoms with Crippen LogP contribution in [0, 0.1) is 10.1 Å². The van der Waals surface area contributed by atoms with Crippen molar-refractivity contribution >= 4 is 67.1 Å². The van der Waals surface area contributed by atoms with Gasteiger partial charge in [-0.05, 0) is 64.0 Å². The summed E-state index contributed by atoms with van der Waals surface area (Å²) in [4.78, 5) is 22.1. The number of nitrogens with one attached hydrogen (secondary N) is 1. The van der Waals surface area contributed by atoms with Crippen LogP contribution >= 0.6 is 39.1 Å². The summed E-state index contributed by atoms with van der Waals surface area (Å²) < 4.78 is 36.0. The van der Waals surface area contributed by atoms with Crippen LogP contribution in [0.1, 0.15) is 15.9 Å². The lowest BCUT2D eigenvalue weighted by Crippen LogP contribution is -2.18. The molecule has 0 bridgehead atoms. The van der Waals surface area contributed by atoms with Gasteiger partial charge < -0.3 is 8.92 Å². The van der Waals surface area contributed by atoms with Gasteiger partial charge in [0.05, 0.1) is 33.3 Å². The molecule has 0 atom stereocenters. The molecule has 0 saturated heterocycles. The molecule has 3 rings (SSSR count). The summed E-state index contributed by atoms with van der Waals surface area (Å²) in [7, 11) is -3.03. The van der Waals surface area contributed by atoms with Crippen molar-refractivity contribution in [1.82, 2.24) is 5.43 Å². The number of halogens is 3. The minimum atomic E-state index is -4.33. The van der Waals surface area contributed by atoms with Gasteiger partial charge in [0.2, 0.25) is 0 Å². The molecule has 0 unspecified atom stereocenters. The Kier molecular flexibility index (Phi) is 8.33. The Hall–Kier alpha value is -3.19. The predicted molar refractivity (Wildman–Crippen MR) is 133 cm³/mol. The van der Waals surface area contributed by atoms with Gasteiger partial charge in [-0.2, -0.15) is 13.5 Å². The van der Waals surface area contributed by atoms with Crippen LogP contribution in [0.25, 0.3) is 0 Å². The predicted octanol–water partition coefficient (Wildman–Crippen LogP) is 5.20. The van der Waals surface area contributed by atoms with Crippen LogP contribution in [0.2, 0.25) is 10.0 Å². The number of benzene rings is 3. The van der Waals surface area contributed by atoms with E-state index in [1.807, 2.05) is 0 Å². The molecule has 0 spiro atoms. The summed E-state index contributed by atoms with van der Waals surface area (Å²) in [5.41, 5.74) is 2.66. The van der Waals surface area contributed by atoms with E-state index in [2.05, 4.69) is 26.5 Å². The number of nitro benzene ring substituents is 1. The van der Waals surface area contributed by atoms with E-state index in [-0.39, 0.29) is 37.1 Å². The van der Waals surface area contributed by atoms with Crippen molar-refractivity contribution in [2.24, 2.45) is 5.10 Å². The lowest BCUT2D eigenvalue weighted by atomic mass is 10.2. The second-order valence-corrected chi connectivity index (χ2v) is 9.89. The Labute approximate surface area is 217 Å². The van der Waals surface area contributed by atoms with Gasteiger partial charge in [0, 0.05) is 17.2 Å². The molecule has 0 saturated carbocycles. The first-order valence-electron chi connectivity index (χ1n) is 9.37. The highest BCUT2D eigenvalue weighted by Gasteiger charge is 2.23. The third-order valence-corrected chi connectivity index (χ3v) is 6.71. The number of methoxy groups -OCH3 is 1. The van der Waals surface area contributed by atoms with Crippen molar-refractivity contribution in [3.8, 4) is 11.5 Å². The topological polar surface area (TPSA) is 137 Å². The van der Waals surface area contributed by atoms with Crippen molar-refractivity contribution in [3.63, 3.8) is 0 Å². The van der Waals surface area contributed by atoms with Crippen molar-refractivity contribution in [1.29, 1.82) is 0 Å². The van der Waals surface area contributed by atoms with E-state index in [4.69, 9.17) is 32.1 Å². The van der Waals surface area contributed by atoms with Gasteiger partial charge in [-0.3, -0.25) is 14.9 Å². The smallest absolute Gasteiger partial charge is 0.339 e. The number of hydrazone groups is 1. The average molecular weight is 603 g/mol. The van der Waals surface area contributed by atoms with Crippen molar-refractivity contribution in [2.75, 3.05) is 7.11 Å². The van der Waals surface area contributed by atoms with Crippen molar-refractivity contribution < 1.29 is 27.1 Å². The average Bonchev–Trinajstić information content (AvgIpc) is 2.80. The fourth-order valence-corrected chi connectivity index (χ4v) is 4.79. The van der Waals surface area contributed by atoms with E-state index in [9.17, 15) is 23.3 Å². The number of amides is 1. The Morgan fingerprint density at radius 2 is 1.83 bits per heavy atom. The number of hydrogen-bond donors (Lipinski definition) is 1. The third kappa shape index (κ3) is 6.48. The highest BCUT2D eigenvalue weighted by Crippen LogP contribution is 2.38. The number of nitro groups is 1. The Bertz CT molecular complexity index is 1430. The highest BCUT2D eigenvalue weighted by atomic mass is 79.9. The number of rotatable bonds is 8. The Balaban J connectivity index is 1.79. The molecule has 0 aromatic heterocycles. The molecule has 0 aliphatic rings. The standard InChI is InChI=1S/C21H14BrCl2N3O7S/c1-33-19-9-12(11-25-26-21(28)16-7-2-13(23)10-18(16)24)8-17(22)20(19)34-35(31,32)15-5-3-14(4-6-15)27(29)30/h2-11H,1H3,(H,26,28)/b25-11-. The zero-order chi connectivity index (χ0) is 25.8.